The molecule has 112 valence electrons. The third-order valence-corrected chi connectivity index (χ3v) is 3.08. The number of esters is 2. The van der Waals surface area contributed by atoms with Gasteiger partial charge >= 0.3 is 11.9 Å². The van der Waals surface area contributed by atoms with E-state index in [1.165, 1.54) is 28.4 Å². The van der Waals surface area contributed by atoms with Crippen molar-refractivity contribution in [3.8, 4) is 11.5 Å². The Morgan fingerprint density at radius 3 is 2.00 bits per heavy atom. The van der Waals surface area contributed by atoms with Gasteiger partial charge in [-0.15, -0.1) is 0 Å². The minimum Gasteiger partial charge on any atom is -0.493 e. The highest BCUT2D eigenvalue weighted by Gasteiger charge is 2.25. The van der Waals surface area contributed by atoms with E-state index >= 15 is 0 Å². The lowest BCUT2D eigenvalue weighted by atomic mass is 10.1. The van der Waals surface area contributed by atoms with Crippen LogP contribution in [-0.4, -0.2) is 45.4 Å². The highest BCUT2D eigenvalue weighted by molar-refractivity contribution is 6.13. The van der Waals surface area contributed by atoms with Gasteiger partial charge < -0.3 is 23.9 Å². The van der Waals surface area contributed by atoms with Crippen LogP contribution in [0.2, 0.25) is 0 Å². The quantitative estimate of drug-likeness (QED) is 0.864. The largest absolute Gasteiger partial charge is 0.493 e. The fourth-order valence-electron chi connectivity index (χ4n) is 2.09. The van der Waals surface area contributed by atoms with Gasteiger partial charge in [-0.3, -0.25) is 0 Å². The van der Waals surface area contributed by atoms with Gasteiger partial charge in [-0.2, -0.15) is 0 Å². The first-order valence-electron chi connectivity index (χ1n) is 6.01. The molecule has 0 saturated carbocycles. The van der Waals surface area contributed by atoms with E-state index in [0.29, 0.717) is 22.4 Å². The minimum atomic E-state index is -0.662. The molecule has 1 aromatic carbocycles. The molecule has 1 N–H and O–H groups in total. The molecule has 0 unspecified atom stereocenters. The van der Waals surface area contributed by atoms with Gasteiger partial charge in [-0.25, -0.2) is 9.59 Å². The summed E-state index contributed by atoms with van der Waals surface area (Å²) in [5.41, 5.74) is 0.656. The first-order chi connectivity index (χ1) is 10.1. The van der Waals surface area contributed by atoms with Crippen molar-refractivity contribution < 1.29 is 28.5 Å². The molecule has 21 heavy (non-hydrogen) atoms. The average Bonchev–Trinajstić information content (AvgIpc) is 2.89. The highest BCUT2D eigenvalue weighted by Crippen LogP contribution is 2.35. The highest BCUT2D eigenvalue weighted by atomic mass is 16.5. The molecule has 1 aromatic heterocycles. The molecule has 2 rings (SSSR count). The number of carbonyl (C=O) groups excluding carboxylic acids is 2. The van der Waals surface area contributed by atoms with Gasteiger partial charge in [0.1, 0.15) is 5.69 Å². The van der Waals surface area contributed by atoms with Crippen molar-refractivity contribution >= 4 is 22.8 Å². The Kier molecular flexibility index (Phi) is 4.02. The summed E-state index contributed by atoms with van der Waals surface area (Å²) >= 11 is 0. The van der Waals surface area contributed by atoms with E-state index in [2.05, 4.69) is 9.72 Å². The Balaban J connectivity index is 2.80. The van der Waals surface area contributed by atoms with E-state index in [1.807, 2.05) is 0 Å². The van der Waals surface area contributed by atoms with Crippen molar-refractivity contribution in [3.05, 3.63) is 23.4 Å². The molecule has 0 aliphatic carbocycles. The van der Waals surface area contributed by atoms with Gasteiger partial charge in [0.25, 0.3) is 0 Å². The summed E-state index contributed by atoms with van der Waals surface area (Å²) in [6.07, 6.45) is 0. The average molecular weight is 293 g/mol. The van der Waals surface area contributed by atoms with Gasteiger partial charge in [0.2, 0.25) is 0 Å². The normalized spacial score (nSPS) is 10.3. The number of hydrogen-bond acceptors (Lipinski definition) is 6. The number of fused-ring (bicyclic) bond motifs is 1. The summed E-state index contributed by atoms with van der Waals surface area (Å²) in [6.45, 7) is 0. The maximum atomic E-state index is 12.0. The van der Waals surface area contributed by atoms with E-state index in [4.69, 9.17) is 14.2 Å². The smallest absolute Gasteiger partial charge is 0.355 e. The van der Waals surface area contributed by atoms with E-state index < -0.39 is 11.9 Å². The molecule has 0 saturated heterocycles. The number of ether oxygens (including phenoxy) is 4. The Hall–Kier alpha value is -2.70. The van der Waals surface area contributed by atoms with E-state index in [1.54, 1.807) is 12.1 Å². The minimum absolute atomic E-state index is 0.0228. The predicted molar refractivity (Wildman–Crippen MR) is 74.1 cm³/mol. The Morgan fingerprint density at radius 1 is 0.905 bits per heavy atom. The zero-order valence-corrected chi connectivity index (χ0v) is 12.1. The van der Waals surface area contributed by atoms with Crippen LogP contribution in [0.5, 0.6) is 11.5 Å². The number of rotatable bonds is 4. The van der Waals surface area contributed by atoms with Crippen molar-refractivity contribution in [2.75, 3.05) is 28.4 Å². The maximum Gasteiger partial charge on any atom is 0.355 e. The molecule has 2 aromatic rings. The number of aromatic nitrogens is 1. The van der Waals surface area contributed by atoms with Crippen LogP contribution >= 0.6 is 0 Å². The first kappa shape index (κ1) is 14.7. The molecule has 1 heterocycles. The molecule has 0 bridgehead atoms. The molecule has 7 heteroatoms. The number of hydrogen-bond donors (Lipinski definition) is 1. The summed E-state index contributed by atoms with van der Waals surface area (Å²) in [6, 6.07) is 3.23. The lowest BCUT2D eigenvalue weighted by molar-refractivity contribution is 0.0553. The summed E-state index contributed by atoms with van der Waals surface area (Å²) in [5.74, 6) is -0.400. The predicted octanol–water partition coefficient (Wildman–Crippen LogP) is 1.76. The van der Waals surface area contributed by atoms with E-state index in [-0.39, 0.29) is 11.3 Å². The molecule has 7 nitrogen and oxygen atoms in total. The molecule has 0 radical (unpaired) electrons. The number of nitrogens with one attached hydrogen (secondary N) is 1. The van der Waals surface area contributed by atoms with Gasteiger partial charge in [-0.05, 0) is 6.07 Å². The van der Waals surface area contributed by atoms with Crippen molar-refractivity contribution in [3.63, 3.8) is 0 Å². The van der Waals surface area contributed by atoms with Crippen molar-refractivity contribution in [2.45, 2.75) is 0 Å². The van der Waals surface area contributed by atoms with Crippen LogP contribution in [0.1, 0.15) is 20.8 Å². The fraction of sp³-hybridized carbons (Fsp3) is 0.286. The molecular weight excluding hydrogens is 278 g/mol. The monoisotopic (exact) mass is 293 g/mol. The SMILES string of the molecule is COC(=O)c1[nH]c2cc(OC)c(OC)cc2c1C(=O)OC. The van der Waals surface area contributed by atoms with Gasteiger partial charge in [-0.1, -0.05) is 0 Å². The van der Waals surface area contributed by atoms with Crippen molar-refractivity contribution in [2.24, 2.45) is 0 Å². The zero-order chi connectivity index (χ0) is 15.6. The van der Waals surface area contributed by atoms with Gasteiger partial charge in [0.05, 0.1) is 39.5 Å². The van der Waals surface area contributed by atoms with Crippen LogP contribution in [0, 0.1) is 0 Å². The van der Waals surface area contributed by atoms with Crippen LogP contribution < -0.4 is 9.47 Å². The molecule has 0 aliphatic rings. The summed E-state index contributed by atoms with van der Waals surface area (Å²) < 4.78 is 19.8. The third kappa shape index (κ3) is 2.37. The standard InChI is InChI=1S/C14H15NO6/c1-18-9-5-7-8(6-10(9)19-2)15-12(14(17)21-4)11(7)13(16)20-3/h5-6,15H,1-4H3. The van der Waals surface area contributed by atoms with Crippen LogP contribution in [0.25, 0.3) is 10.9 Å². The first-order valence-corrected chi connectivity index (χ1v) is 6.01. The number of H-pyrrole nitrogens is 1. The van der Waals surface area contributed by atoms with E-state index in [0.717, 1.165) is 0 Å². The number of aromatic amines is 1. The third-order valence-electron chi connectivity index (χ3n) is 3.08. The summed E-state index contributed by atoms with van der Waals surface area (Å²) in [4.78, 5) is 26.6. The molecule has 0 atom stereocenters. The second kappa shape index (κ2) is 5.74. The van der Waals surface area contributed by atoms with Crippen molar-refractivity contribution in [1.29, 1.82) is 0 Å². The van der Waals surface area contributed by atoms with Crippen LogP contribution in [0.3, 0.4) is 0 Å². The van der Waals surface area contributed by atoms with Gasteiger partial charge in [0, 0.05) is 11.5 Å². The second-order valence-corrected chi connectivity index (χ2v) is 4.11. The Bertz CT molecular complexity index is 703. The molecule has 0 amide bonds. The second-order valence-electron chi connectivity index (χ2n) is 4.11. The molecular formula is C14H15NO6. The van der Waals surface area contributed by atoms with E-state index in [9.17, 15) is 9.59 Å². The van der Waals surface area contributed by atoms with Crippen molar-refractivity contribution in [1.82, 2.24) is 4.98 Å². The van der Waals surface area contributed by atoms with Crippen LogP contribution in [0.4, 0.5) is 0 Å². The van der Waals surface area contributed by atoms with Gasteiger partial charge in [0.15, 0.2) is 11.5 Å². The lowest BCUT2D eigenvalue weighted by Gasteiger charge is -2.07. The Labute approximate surface area is 120 Å². The topological polar surface area (TPSA) is 86.9 Å². The number of carbonyl (C=O) groups is 2. The fourth-order valence-corrected chi connectivity index (χ4v) is 2.09. The molecule has 0 aliphatic heterocycles. The number of benzene rings is 1. The number of methoxy groups -OCH3 is 4. The van der Waals surface area contributed by atoms with Crippen LogP contribution in [0.15, 0.2) is 12.1 Å². The zero-order valence-electron chi connectivity index (χ0n) is 12.1. The Morgan fingerprint density at radius 2 is 1.48 bits per heavy atom. The molecule has 0 spiro atoms. The maximum absolute atomic E-state index is 12.0. The summed E-state index contributed by atoms with van der Waals surface area (Å²) in [5, 5.41) is 0.486. The molecule has 0 fully saturated rings. The van der Waals surface area contributed by atoms with Crippen LogP contribution in [-0.2, 0) is 9.47 Å². The summed E-state index contributed by atoms with van der Waals surface area (Å²) in [7, 11) is 5.45. The lowest BCUT2D eigenvalue weighted by Crippen LogP contribution is -2.10.